The van der Waals surface area contributed by atoms with Gasteiger partial charge in [0.05, 0.1) is 48.4 Å². The van der Waals surface area contributed by atoms with Gasteiger partial charge in [-0.25, -0.2) is 4.79 Å². The van der Waals surface area contributed by atoms with Crippen LogP contribution in [-0.4, -0.2) is 45.0 Å². The van der Waals surface area contributed by atoms with Crippen molar-refractivity contribution < 1.29 is 19.0 Å². The molecule has 1 N–H and O–H groups in total. The molecule has 3 aromatic rings. The van der Waals surface area contributed by atoms with Gasteiger partial charge in [-0.15, -0.1) is 0 Å². The summed E-state index contributed by atoms with van der Waals surface area (Å²) in [6.07, 6.45) is 5.17. The van der Waals surface area contributed by atoms with E-state index in [9.17, 15) is 4.79 Å². The predicted molar refractivity (Wildman–Crippen MR) is 141 cm³/mol. The lowest BCUT2D eigenvalue weighted by molar-refractivity contribution is 0.0216. The van der Waals surface area contributed by atoms with Crippen LogP contribution in [0.1, 0.15) is 69.3 Å². The number of hydrogen-bond donors (Lipinski definition) is 1. The number of halogens is 1. The molecule has 0 saturated heterocycles. The summed E-state index contributed by atoms with van der Waals surface area (Å²) in [5.41, 5.74) is 3.96. The Kier molecular flexibility index (Phi) is 7.03. The maximum atomic E-state index is 13.0. The van der Waals surface area contributed by atoms with E-state index in [4.69, 9.17) is 35.9 Å². The number of rotatable bonds is 4. The van der Waals surface area contributed by atoms with Gasteiger partial charge in [-0.1, -0.05) is 17.7 Å². The lowest BCUT2D eigenvalue weighted by atomic mass is 9.83. The van der Waals surface area contributed by atoms with E-state index >= 15 is 0 Å². The average Bonchev–Trinajstić information content (AvgIpc) is 3.19. The molecular formula is C28H33ClN4O4. The quantitative estimate of drug-likeness (QED) is 0.419. The standard InChI is InChI=1S/C28H33ClN4O4/c1-28(2,3)37-27(34)33-15-18-12-19(29)14-30-25(18)24-23(16-33)31-32-26(24)17-8-10-20(11-9-17)36-22-7-5-6-21(13-22)35-4/h5-7,12-14,17,20H,8-11,15-16H2,1-4H3,(H,31,32). The van der Waals surface area contributed by atoms with Crippen LogP contribution in [0.2, 0.25) is 5.02 Å². The number of carbonyl (C=O) groups excluding carboxylic acids is 1. The van der Waals surface area contributed by atoms with Crippen LogP contribution in [-0.2, 0) is 17.8 Å². The van der Waals surface area contributed by atoms with Crippen LogP contribution in [0, 0.1) is 0 Å². The number of hydrogen-bond acceptors (Lipinski definition) is 6. The largest absolute Gasteiger partial charge is 0.497 e. The van der Waals surface area contributed by atoms with E-state index in [1.807, 2.05) is 51.1 Å². The third-order valence-corrected chi connectivity index (χ3v) is 7.01. The van der Waals surface area contributed by atoms with Crippen LogP contribution >= 0.6 is 11.6 Å². The van der Waals surface area contributed by atoms with Crippen molar-refractivity contribution in [2.45, 2.75) is 77.2 Å². The van der Waals surface area contributed by atoms with Gasteiger partial charge in [-0.05, 0) is 70.2 Å². The molecule has 0 bridgehead atoms. The Bertz CT molecular complexity index is 1280. The first kappa shape index (κ1) is 25.4. The molecule has 196 valence electrons. The number of methoxy groups -OCH3 is 1. The first-order chi connectivity index (χ1) is 17.7. The van der Waals surface area contributed by atoms with Gasteiger partial charge in [0, 0.05) is 23.7 Å². The Morgan fingerprint density at radius 3 is 2.59 bits per heavy atom. The fourth-order valence-electron chi connectivity index (χ4n) is 5.12. The van der Waals surface area contributed by atoms with Crippen LogP contribution in [0.4, 0.5) is 4.79 Å². The summed E-state index contributed by atoms with van der Waals surface area (Å²) >= 11 is 6.31. The van der Waals surface area contributed by atoms with Crippen LogP contribution in [0.15, 0.2) is 36.5 Å². The van der Waals surface area contributed by atoms with Crippen molar-refractivity contribution in [2.24, 2.45) is 0 Å². The highest BCUT2D eigenvalue weighted by molar-refractivity contribution is 6.30. The van der Waals surface area contributed by atoms with E-state index < -0.39 is 5.60 Å². The van der Waals surface area contributed by atoms with Gasteiger partial charge in [-0.3, -0.25) is 15.0 Å². The molecular weight excluding hydrogens is 492 g/mol. The zero-order valence-electron chi connectivity index (χ0n) is 21.7. The fraction of sp³-hybridized carbons (Fsp3) is 0.464. The summed E-state index contributed by atoms with van der Waals surface area (Å²) < 4.78 is 17.2. The molecule has 0 spiro atoms. The van der Waals surface area contributed by atoms with Gasteiger partial charge in [0.15, 0.2) is 0 Å². The molecule has 1 aliphatic heterocycles. The molecule has 1 fully saturated rings. The number of carbonyl (C=O) groups is 1. The van der Waals surface area contributed by atoms with Crippen LogP contribution in [0.3, 0.4) is 0 Å². The number of nitrogens with one attached hydrogen (secondary N) is 1. The molecule has 8 nitrogen and oxygen atoms in total. The fourth-order valence-corrected chi connectivity index (χ4v) is 5.30. The topological polar surface area (TPSA) is 89.6 Å². The molecule has 0 atom stereocenters. The summed E-state index contributed by atoms with van der Waals surface area (Å²) in [4.78, 5) is 19.4. The molecule has 0 radical (unpaired) electrons. The SMILES string of the molecule is COc1cccc(OC2CCC(c3n[nH]c4c3-c3ncc(Cl)cc3CN(C(=O)OC(C)(C)C)C4)CC2)c1. The number of pyridine rings is 1. The summed E-state index contributed by atoms with van der Waals surface area (Å²) in [6, 6.07) is 9.62. The molecule has 1 aromatic carbocycles. The second-order valence-electron chi connectivity index (χ2n) is 10.7. The van der Waals surface area contributed by atoms with E-state index in [2.05, 4.69) is 5.10 Å². The van der Waals surface area contributed by atoms with E-state index in [1.165, 1.54) is 0 Å². The monoisotopic (exact) mass is 524 g/mol. The van der Waals surface area contributed by atoms with Crippen LogP contribution in [0.5, 0.6) is 11.5 Å². The minimum atomic E-state index is -0.591. The summed E-state index contributed by atoms with van der Waals surface area (Å²) in [5, 5.41) is 8.50. The number of ether oxygens (including phenoxy) is 3. The van der Waals surface area contributed by atoms with E-state index in [1.54, 1.807) is 18.2 Å². The number of amides is 1. The van der Waals surface area contributed by atoms with Crippen molar-refractivity contribution in [3.05, 3.63) is 58.5 Å². The molecule has 1 saturated carbocycles. The highest BCUT2D eigenvalue weighted by Crippen LogP contribution is 2.42. The first-order valence-corrected chi connectivity index (χ1v) is 13.1. The Morgan fingerprint density at radius 2 is 1.86 bits per heavy atom. The second-order valence-corrected chi connectivity index (χ2v) is 11.2. The van der Waals surface area contributed by atoms with Gasteiger partial charge >= 0.3 is 6.09 Å². The van der Waals surface area contributed by atoms with Crippen molar-refractivity contribution in [1.82, 2.24) is 20.1 Å². The highest BCUT2D eigenvalue weighted by atomic mass is 35.5. The smallest absolute Gasteiger partial charge is 0.410 e. The van der Waals surface area contributed by atoms with Gasteiger partial charge in [0.2, 0.25) is 0 Å². The Hall–Kier alpha value is -3.26. The predicted octanol–water partition coefficient (Wildman–Crippen LogP) is 6.49. The zero-order valence-corrected chi connectivity index (χ0v) is 22.5. The Balaban J connectivity index is 1.37. The van der Waals surface area contributed by atoms with Gasteiger partial charge in [0.25, 0.3) is 0 Å². The van der Waals surface area contributed by atoms with Gasteiger partial charge in [0.1, 0.15) is 17.1 Å². The second kappa shape index (κ2) is 10.2. The van der Waals surface area contributed by atoms with Crippen molar-refractivity contribution >= 4 is 17.7 Å². The molecule has 37 heavy (non-hydrogen) atoms. The average molecular weight is 525 g/mol. The van der Waals surface area contributed by atoms with Crippen molar-refractivity contribution in [1.29, 1.82) is 0 Å². The maximum Gasteiger partial charge on any atom is 0.410 e. The molecule has 5 rings (SSSR count). The van der Waals surface area contributed by atoms with Crippen molar-refractivity contribution in [2.75, 3.05) is 7.11 Å². The summed E-state index contributed by atoms with van der Waals surface area (Å²) in [7, 11) is 1.66. The summed E-state index contributed by atoms with van der Waals surface area (Å²) in [5.74, 6) is 1.88. The molecule has 3 heterocycles. The van der Waals surface area contributed by atoms with E-state index in [0.29, 0.717) is 18.1 Å². The lowest BCUT2D eigenvalue weighted by Gasteiger charge is -2.28. The number of aromatic amines is 1. The third-order valence-electron chi connectivity index (χ3n) is 6.81. The Labute approximate surface area is 222 Å². The third kappa shape index (κ3) is 5.69. The Morgan fingerprint density at radius 1 is 1.11 bits per heavy atom. The zero-order chi connectivity index (χ0) is 26.2. The normalized spacial score (nSPS) is 19.4. The first-order valence-electron chi connectivity index (χ1n) is 12.7. The minimum absolute atomic E-state index is 0.146. The maximum absolute atomic E-state index is 13.0. The van der Waals surface area contributed by atoms with E-state index in [0.717, 1.165) is 65.4 Å². The number of aromatic nitrogens is 3. The molecule has 2 aromatic heterocycles. The number of fused-ring (bicyclic) bond motifs is 3. The van der Waals surface area contributed by atoms with Crippen LogP contribution in [0.25, 0.3) is 11.3 Å². The van der Waals surface area contributed by atoms with Crippen molar-refractivity contribution in [3.8, 4) is 22.8 Å². The van der Waals surface area contributed by atoms with Crippen molar-refractivity contribution in [3.63, 3.8) is 0 Å². The molecule has 9 heteroatoms. The number of benzene rings is 1. The molecule has 1 amide bonds. The van der Waals surface area contributed by atoms with E-state index in [-0.39, 0.29) is 18.1 Å². The number of nitrogens with zero attached hydrogens (tertiary/aromatic N) is 3. The van der Waals surface area contributed by atoms with Gasteiger partial charge < -0.3 is 14.2 Å². The molecule has 2 aliphatic rings. The molecule has 1 aliphatic carbocycles. The van der Waals surface area contributed by atoms with Gasteiger partial charge in [-0.2, -0.15) is 5.10 Å². The highest BCUT2D eigenvalue weighted by Gasteiger charge is 2.34. The molecule has 0 unspecified atom stereocenters. The minimum Gasteiger partial charge on any atom is -0.497 e. The lowest BCUT2D eigenvalue weighted by Crippen LogP contribution is -2.35. The number of H-pyrrole nitrogens is 1. The van der Waals surface area contributed by atoms with Crippen LogP contribution < -0.4 is 9.47 Å². The summed E-state index contributed by atoms with van der Waals surface area (Å²) in [6.45, 7) is 6.32.